The molecule has 2 N–H and O–H groups in total. The van der Waals surface area contributed by atoms with E-state index in [2.05, 4.69) is 56.7 Å². The number of amides is 1. The van der Waals surface area contributed by atoms with Crippen LogP contribution >= 0.6 is 0 Å². The van der Waals surface area contributed by atoms with Gasteiger partial charge in [-0.2, -0.15) is 0 Å². The van der Waals surface area contributed by atoms with Gasteiger partial charge in [0.25, 0.3) is 11.5 Å². The molecule has 0 atom stereocenters. The number of aromatic amines is 1. The molecular formula is C46H40FN7O3. The summed E-state index contributed by atoms with van der Waals surface area (Å²) >= 11 is 0. The maximum absolute atomic E-state index is 14.5. The number of aromatic nitrogens is 6. The number of aryl methyl sites for hydroxylation is 1. The SMILES string of the molecule is CCCCn1c(=O)n(Cc2ccccc2F)c(=O)c2[nH]c(Cc3ccc(NC(=O)c4cn(C(c5ccccc5)(c5ccccc5)c5ccccc5)cn4)cc3)nc21. The van der Waals surface area contributed by atoms with E-state index in [9.17, 15) is 18.8 Å². The Morgan fingerprint density at radius 2 is 1.37 bits per heavy atom. The summed E-state index contributed by atoms with van der Waals surface area (Å²) in [6, 6.07) is 44.0. The highest BCUT2D eigenvalue weighted by atomic mass is 19.1. The Labute approximate surface area is 328 Å². The summed E-state index contributed by atoms with van der Waals surface area (Å²) in [5.74, 6) is -0.352. The minimum Gasteiger partial charge on any atom is -0.336 e. The fraction of sp³-hybridized carbons (Fsp3) is 0.152. The lowest BCUT2D eigenvalue weighted by molar-refractivity contribution is 0.102. The van der Waals surface area contributed by atoms with Crippen molar-refractivity contribution in [3.05, 3.63) is 218 Å². The zero-order valence-electron chi connectivity index (χ0n) is 31.3. The first kappa shape index (κ1) is 36.8. The van der Waals surface area contributed by atoms with Gasteiger partial charge >= 0.3 is 5.69 Å². The van der Waals surface area contributed by atoms with Crippen molar-refractivity contribution >= 4 is 22.8 Å². The van der Waals surface area contributed by atoms with Gasteiger partial charge in [0, 0.05) is 30.4 Å². The zero-order chi connectivity index (χ0) is 39.4. The number of carbonyl (C=O) groups excluding carboxylic acids is 1. The van der Waals surface area contributed by atoms with Gasteiger partial charge in [-0.05, 0) is 46.9 Å². The van der Waals surface area contributed by atoms with Crippen LogP contribution in [0, 0.1) is 5.82 Å². The van der Waals surface area contributed by atoms with E-state index in [0.29, 0.717) is 30.9 Å². The smallest absolute Gasteiger partial charge is 0.333 e. The molecule has 0 radical (unpaired) electrons. The Hall–Kier alpha value is -7.14. The van der Waals surface area contributed by atoms with Crippen molar-refractivity contribution < 1.29 is 9.18 Å². The molecule has 284 valence electrons. The van der Waals surface area contributed by atoms with Gasteiger partial charge in [0.2, 0.25) is 0 Å². The number of anilines is 1. The number of benzene rings is 5. The van der Waals surface area contributed by atoms with Crippen LogP contribution < -0.4 is 16.6 Å². The van der Waals surface area contributed by atoms with Crippen molar-refractivity contribution in [1.82, 2.24) is 28.7 Å². The normalized spacial score (nSPS) is 11.5. The summed E-state index contributed by atoms with van der Waals surface area (Å²) in [4.78, 5) is 53.3. The highest BCUT2D eigenvalue weighted by Gasteiger charge is 2.38. The molecule has 0 unspecified atom stereocenters. The largest absolute Gasteiger partial charge is 0.336 e. The van der Waals surface area contributed by atoms with E-state index >= 15 is 0 Å². The van der Waals surface area contributed by atoms with E-state index in [1.54, 1.807) is 42.9 Å². The number of carbonyl (C=O) groups is 1. The van der Waals surface area contributed by atoms with Crippen LogP contribution in [0.4, 0.5) is 10.1 Å². The number of fused-ring (bicyclic) bond motifs is 1. The second kappa shape index (κ2) is 15.9. The minimum atomic E-state index is -0.801. The van der Waals surface area contributed by atoms with E-state index in [4.69, 9.17) is 0 Å². The highest BCUT2D eigenvalue weighted by molar-refractivity contribution is 6.02. The van der Waals surface area contributed by atoms with Crippen LogP contribution in [-0.2, 0) is 25.0 Å². The Bertz CT molecular complexity index is 2680. The molecule has 0 bridgehead atoms. The first-order chi connectivity index (χ1) is 27.9. The quantitative estimate of drug-likeness (QED) is 0.117. The number of hydrogen-bond acceptors (Lipinski definition) is 5. The average Bonchev–Trinajstić information content (AvgIpc) is 3.91. The van der Waals surface area contributed by atoms with Gasteiger partial charge in [-0.1, -0.05) is 135 Å². The van der Waals surface area contributed by atoms with Crippen molar-refractivity contribution in [1.29, 1.82) is 0 Å². The van der Waals surface area contributed by atoms with E-state index in [1.165, 1.54) is 10.6 Å². The summed E-state index contributed by atoms with van der Waals surface area (Å²) in [7, 11) is 0. The van der Waals surface area contributed by atoms with Crippen LogP contribution in [0.5, 0.6) is 0 Å². The molecule has 57 heavy (non-hydrogen) atoms. The molecule has 0 spiro atoms. The molecule has 0 fully saturated rings. The summed E-state index contributed by atoms with van der Waals surface area (Å²) < 4.78 is 19.1. The Kier molecular flexibility index (Phi) is 10.3. The molecule has 0 aliphatic heterocycles. The minimum absolute atomic E-state index is 0.191. The molecule has 0 aliphatic carbocycles. The molecule has 0 saturated heterocycles. The monoisotopic (exact) mass is 757 g/mol. The van der Waals surface area contributed by atoms with Crippen LogP contribution in [0.25, 0.3) is 11.2 Å². The fourth-order valence-corrected chi connectivity index (χ4v) is 7.46. The lowest BCUT2D eigenvalue weighted by atomic mass is 9.77. The number of hydrogen-bond donors (Lipinski definition) is 2. The third-order valence-electron chi connectivity index (χ3n) is 10.3. The van der Waals surface area contributed by atoms with Gasteiger partial charge < -0.3 is 14.9 Å². The molecule has 1 amide bonds. The van der Waals surface area contributed by atoms with Gasteiger partial charge in [0.15, 0.2) is 5.65 Å². The maximum Gasteiger partial charge on any atom is 0.333 e. The van der Waals surface area contributed by atoms with Gasteiger partial charge in [0.1, 0.15) is 28.4 Å². The van der Waals surface area contributed by atoms with Crippen LogP contribution in [0.15, 0.2) is 162 Å². The van der Waals surface area contributed by atoms with E-state index in [1.807, 2.05) is 78.2 Å². The van der Waals surface area contributed by atoms with Crippen LogP contribution in [0.1, 0.15) is 63.9 Å². The van der Waals surface area contributed by atoms with Crippen molar-refractivity contribution in [2.75, 3.05) is 5.32 Å². The number of rotatable bonds is 13. The van der Waals surface area contributed by atoms with E-state index in [-0.39, 0.29) is 34.9 Å². The van der Waals surface area contributed by atoms with Crippen molar-refractivity contribution in [3.8, 4) is 0 Å². The Morgan fingerprint density at radius 1 is 0.772 bits per heavy atom. The molecule has 3 heterocycles. The van der Waals surface area contributed by atoms with Crippen LogP contribution in [-0.4, -0.2) is 34.6 Å². The van der Waals surface area contributed by atoms with Gasteiger partial charge in [-0.25, -0.2) is 19.2 Å². The van der Waals surface area contributed by atoms with Gasteiger partial charge in [-0.3, -0.25) is 18.7 Å². The number of unbranched alkanes of at least 4 members (excludes halogenated alkanes) is 1. The molecule has 5 aromatic carbocycles. The summed E-state index contributed by atoms with van der Waals surface area (Å²) in [6.45, 7) is 2.19. The summed E-state index contributed by atoms with van der Waals surface area (Å²) in [6.07, 6.45) is 5.36. The molecule has 0 aliphatic rings. The molecule has 11 heteroatoms. The maximum atomic E-state index is 14.5. The standard InChI is InChI=1S/C46H40FN7O3/c1-2-3-27-53-42-41(44(56)54(45(53)57)29-33-15-13-14-22-38(33)47)50-40(51-42)28-32-23-25-37(26-24-32)49-43(55)39-30-52(31-48-39)46(34-16-7-4-8-17-34,35-18-9-5-10-19-35)36-20-11-6-12-21-36/h4-26,30-31H,2-3,27-29H2,1H3,(H,49,55)(H,50,51). The predicted octanol–water partition coefficient (Wildman–Crippen LogP) is 7.75. The zero-order valence-corrected chi connectivity index (χ0v) is 31.3. The molecule has 10 nitrogen and oxygen atoms in total. The molecular weight excluding hydrogens is 718 g/mol. The van der Waals surface area contributed by atoms with Gasteiger partial charge in [0.05, 0.1) is 12.9 Å². The Morgan fingerprint density at radius 3 is 1.96 bits per heavy atom. The molecule has 8 aromatic rings. The van der Waals surface area contributed by atoms with Crippen molar-refractivity contribution in [2.24, 2.45) is 0 Å². The van der Waals surface area contributed by atoms with Gasteiger partial charge in [-0.15, -0.1) is 0 Å². The van der Waals surface area contributed by atoms with Crippen molar-refractivity contribution in [2.45, 2.75) is 44.8 Å². The number of nitrogens with one attached hydrogen (secondary N) is 2. The second-order valence-electron chi connectivity index (χ2n) is 14.0. The predicted molar refractivity (Wildman–Crippen MR) is 219 cm³/mol. The number of imidazole rings is 2. The molecule has 3 aromatic heterocycles. The second-order valence-corrected chi connectivity index (χ2v) is 14.0. The lowest BCUT2D eigenvalue weighted by Gasteiger charge is -2.37. The third-order valence-corrected chi connectivity index (χ3v) is 10.3. The lowest BCUT2D eigenvalue weighted by Crippen LogP contribution is -2.40. The van der Waals surface area contributed by atoms with E-state index in [0.717, 1.165) is 33.2 Å². The highest BCUT2D eigenvalue weighted by Crippen LogP contribution is 2.40. The third kappa shape index (κ3) is 7.11. The molecule has 8 rings (SSSR count). The number of nitrogens with zero attached hydrogens (tertiary/aromatic N) is 5. The number of halogens is 1. The van der Waals surface area contributed by atoms with Crippen molar-refractivity contribution in [3.63, 3.8) is 0 Å². The molecule has 0 saturated carbocycles. The average molecular weight is 758 g/mol. The fourth-order valence-electron chi connectivity index (χ4n) is 7.46. The number of H-pyrrole nitrogens is 1. The van der Waals surface area contributed by atoms with E-state index < -0.39 is 22.6 Å². The summed E-state index contributed by atoms with van der Waals surface area (Å²) in [5, 5.41) is 2.98. The van der Waals surface area contributed by atoms with Crippen LogP contribution in [0.3, 0.4) is 0 Å². The first-order valence-electron chi connectivity index (χ1n) is 18.9. The Balaban J connectivity index is 1.05. The topological polar surface area (TPSA) is 120 Å². The first-order valence-corrected chi connectivity index (χ1v) is 18.9. The summed E-state index contributed by atoms with van der Waals surface area (Å²) in [5.41, 5.74) is 3.58. The van der Waals surface area contributed by atoms with Crippen LogP contribution in [0.2, 0.25) is 0 Å².